The fourth-order valence-corrected chi connectivity index (χ4v) is 8.31. The number of allylic oxidation sites excluding steroid dienone is 2. The van der Waals surface area contributed by atoms with Gasteiger partial charge in [0.25, 0.3) is 0 Å². The number of hydrogen-bond acceptors (Lipinski definition) is 5. The van der Waals surface area contributed by atoms with Crippen LogP contribution in [0.15, 0.2) is 47.6 Å². The van der Waals surface area contributed by atoms with Crippen molar-refractivity contribution >= 4 is 21.4 Å². The summed E-state index contributed by atoms with van der Waals surface area (Å²) in [6, 6.07) is 7.24. The molecule has 0 amide bonds. The second-order valence-electron chi connectivity index (χ2n) is 10.5. The molecule has 1 fully saturated rings. The van der Waals surface area contributed by atoms with Gasteiger partial charge < -0.3 is 4.74 Å². The number of carbonyl (C=O) groups excluding carboxylic acids is 1. The van der Waals surface area contributed by atoms with Crippen LogP contribution in [0.3, 0.4) is 0 Å². The zero-order chi connectivity index (χ0) is 24.8. The van der Waals surface area contributed by atoms with Gasteiger partial charge in [-0.15, -0.1) is 0 Å². The lowest BCUT2D eigenvalue weighted by atomic mass is 9.54. The van der Waals surface area contributed by atoms with E-state index in [1.807, 2.05) is 12.1 Å². The van der Waals surface area contributed by atoms with Crippen LogP contribution in [0.5, 0.6) is 0 Å². The van der Waals surface area contributed by atoms with Gasteiger partial charge in [0.15, 0.2) is 9.84 Å². The highest BCUT2D eigenvalue weighted by Crippen LogP contribution is 2.63. The van der Waals surface area contributed by atoms with Crippen molar-refractivity contribution in [2.75, 3.05) is 12.9 Å². The summed E-state index contributed by atoms with van der Waals surface area (Å²) in [7, 11) is -2.14. The Morgan fingerprint density at radius 1 is 1.23 bits per heavy atom. The number of aryl methyl sites for hydroxylation is 1. The minimum absolute atomic E-state index is 0.0110. The molecule has 2 aromatic rings. The maximum Gasteiger partial charge on any atom is 0.305 e. The van der Waals surface area contributed by atoms with Crippen LogP contribution in [0.4, 0.5) is 4.39 Å². The van der Waals surface area contributed by atoms with Gasteiger partial charge in [-0.05, 0) is 102 Å². The van der Waals surface area contributed by atoms with E-state index in [4.69, 9.17) is 0 Å². The molecule has 0 saturated heterocycles. The summed E-state index contributed by atoms with van der Waals surface area (Å²) < 4.78 is 44.2. The molecule has 4 atom stereocenters. The number of sulfone groups is 1. The van der Waals surface area contributed by atoms with Crippen molar-refractivity contribution in [1.82, 2.24) is 4.98 Å². The molecule has 3 unspecified atom stereocenters. The summed E-state index contributed by atoms with van der Waals surface area (Å²) in [6.45, 7) is 2.33. The van der Waals surface area contributed by atoms with Crippen molar-refractivity contribution in [3.8, 4) is 0 Å². The lowest BCUT2D eigenvalue weighted by molar-refractivity contribution is -0.140. The maximum absolute atomic E-state index is 13.9. The Labute approximate surface area is 206 Å². The first-order valence-corrected chi connectivity index (χ1v) is 14.1. The van der Waals surface area contributed by atoms with E-state index in [-0.39, 0.29) is 35.8 Å². The molecule has 1 aromatic carbocycles. The molecule has 0 N–H and O–H groups in total. The topological polar surface area (TPSA) is 73.3 Å². The predicted molar refractivity (Wildman–Crippen MR) is 132 cm³/mol. The van der Waals surface area contributed by atoms with E-state index in [9.17, 15) is 17.6 Å². The summed E-state index contributed by atoms with van der Waals surface area (Å²) >= 11 is 0. The zero-order valence-corrected chi connectivity index (χ0v) is 21.1. The van der Waals surface area contributed by atoms with Crippen LogP contribution in [-0.2, 0) is 25.8 Å². The number of halogens is 1. The van der Waals surface area contributed by atoms with E-state index in [1.165, 1.54) is 24.4 Å². The normalized spacial score (nSPS) is 27.4. The molecule has 35 heavy (non-hydrogen) atoms. The molecule has 3 aliphatic rings. The van der Waals surface area contributed by atoms with Gasteiger partial charge in [-0.3, -0.25) is 9.78 Å². The van der Waals surface area contributed by atoms with Crippen molar-refractivity contribution in [1.29, 1.82) is 0 Å². The van der Waals surface area contributed by atoms with Crippen LogP contribution in [0.1, 0.15) is 68.1 Å². The minimum atomic E-state index is -3.45. The molecule has 5 nitrogen and oxygen atoms in total. The number of rotatable bonds is 6. The van der Waals surface area contributed by atoms with E-state index in [2.05, 4.69) is 22.7 Å². The molecule has 3 aliphatic carbocycles. The minimum Gasteiger partial charge on any atom is -0.469 e. The fourth-order valence-electron chi connectivity index (χ4n) is 6.95. The Morgan fingerprint density at radius 3 is 2.83 bits per heavy atom. The van der Waals surface area contributed by atoms with E-state index in [0.717, 1.165) is 43.2 Å². The Balaban J connectivity index is 1.35. The van der Waals surface area contributed by atoms with Gasteiger partial charge in [0.2, 0.25) is 0 Å². The number of aromatic nitrogens is 1. The second kappa shape index (κ2) is 9.16. The average molecular weight is 498 g/mol. The molecule has 0 bridgehead atoms. The van der Waals surface area contributed by atoms with E-state index in [0.29, 0.717) is 22.6 Å². The van der Waals surface area contributed by atoms with Crippen LogP contribution in [0.2, 0.25) is 0 Å². The first-order valence-electron chi connectivity index (χ1n) is 12.5. The molecular weight excluding hydrogens is 465 g/mol. The van der Waals surface area contributed by atoms with E-state index >= 15 is 0 Å². The molecule has 0 radical (unpaired) electrons. The van der Waals surface area contributed by atoms with Crippen LogP contribution in [-0.4, -0.2) is 32.2 Å². The number of fused-ring (bicyclic) bond motifs is 5. The first-order chi connectivity index (χ1) is 16.7. The maximum atomic E-state index is 13.9. The molecule has 1 heterocycles. The van der Waals surface area contributed by atoms with Crippen LogP contribution >= 0.6 is 0 Å². The van der Waals surface area contributed by atoms with Crippen molar-refractivity contribution in [2.24, 2.45) is 17.3 Å². The molecule has 1 aromatic heterocycles. The SMILES string of the molecule is COC(=O)CCCS(=O)(=O)c1ccc2c(c1)CCC1C2CC[C@]2(C)C(c3cncc(F)c3)=CCC12. The third-order valence-corrected chi connectivity index (χ3v) is 10.5. The zero-order valence-electron chi connectivity index (χ0n) is 20.3. The molecule has 186 valence electrons. The van der Waals surface area contributed by atoms with Crippen molar-refractivity contribution in [3.63, 3.8) is 0 Å². The Hall–Kier alpha value is -2.54. The van der Waals surface area contributed by atoms with E-state index in [1.54, 1.807) is 18.3 Å². The molecule has 1 saturated carbocycles. The molecule has 0 spiro atoms. The van der Waals surface area contributed by atoms with Gasteiger partial charge in [-0.2, -0.15) is 0 Å². The van der Waals surface area contributed by atoms with E-state index < -0.39 is 9.84 Å². The summed E-state index contributed by atoms with van der Waals surface area (Å²) in [6.07, 6.45) is 10.6. The number of ether oxygens (including phenoxy) is 1. The summed E-state index contributed by atoms with van der Waals surface area (Å²) in [5, 5.41) is 0. The van der Waals surface area contributed by atoms with Crippen molar-refractivity contribution in [2.45, 2.75) is 62.7 Å². The van der Waals surface area contributed by atoms with Gasteiger partial charge in [-0.25, -0.2) is 12.8 Å². The van der Waals surface area contributed by atoms with Crippen molar-refractivity contribution in [3.05, 3.63) is 65.2 Å². The predicted octanol–water partition coefficient (Wildman–Crippen LogP) is 5.50. The lowest BCUT2D eigenvalue weighted by Gasteiger charge is -2.50. The number of esters is 1. The third-order valence-electron chi connectivity index (χ3n) is 8.68. The number of benzene rings is 1. The van der Waals surface area contributed by atoms with Gasteiger partial charge in [0, 0.05) is 12.6 Å². The smallest absolute Gasteiger partial charge is 0.305 e. The fraction of sp³-hybridized carbons (Fsp3) is 0.500. The highest BCUT2D eigenvalue weighted by molar-refractivity contribution is 7.91. The number of hydrogen-bond donors (Lipinski definition) is 0. The monoisotopic (exact) mass is 497 g/mol. The number of nitrogens with zero attached hydrogens (tertiary/aromatic N) is 1. The molecule has 5 rings (SSSR count). The van der Waals surface area contributed by atoms with Gasteiger partial charge in [-0.1, -0.05) is 19.1 Å². The van der Waals surface area contributed by atoms with Crippen LogP contribution < -0.4 is 0 Å². The number of pyridine rings is 1. The molecular formula is C28H32FNO4S. The first kappa shape index (κ1) is 24.2. The van der Waals surface area contributed by atoms with Crippen molar-refractivity contribution < 1.29 is 22.3 Å². The Bertz CT molecular complexity index is 1290. The number of carbonyl (C=O) groups is 1. The largest absolute Gasteiger partial charge is 0.469 e. The summed E-state index contributed by atoms with van der Waals surface area (Å²) in [4.78, 5) is 15.8. The van der Waals surface area contributed by atoms with Gasteiger partial charge in [0.1, 0.15) is 5.82 Å². The summed E-state index contributed by atoms with van der Waals surface area (Å²) in [5.41, 5.74) is 4.57. The van der Waals surface area contributed by atoms with Crippen LogP contribution in [0.25, 0.3) is 5.57 Å². The lowest BCUT2D eigenvalue weighted by Crippen LogP contribution is -2.41. The van der Waals surface area contributed by atoms with Crippen LogP contribution in [0, 0.1) is 23.1 Å². The molecule has 0 aliphatic heterocycles. The highest BCUT2D eigenvalue weighted by Gasteiger charge is 2.52. The average Bonchev–Trinajstić information content (AvgIpc) is 3.20. The number of methoxy groups -OCH3 is 1. The molecule has 7 heteroatoms. The quantitative estimate of drug-likeness (QED) is 0.493. The Kier molecular flexibility index (Phi) is 6.32. The Morgan fingerprint density at radius 2 is 2.06 bits per heavy atom. The van der Waals surface area contributed by atoms with Gasteiger partial charge >= 0.3 is 5.97 Å². The standard InChI is InChI=1S/C28H32FNO4S/c1-28-12-11-23-22-8-6-21(35(32,33)13-3-4-27(31)34-2)15-18(22)5-7-24(23)26(28)10-9-25(28)19-14-20(29)17-30-16-19/h6,8-9,14-17,23-24,26H,3-5,7,10-13H2,1-2H3/t23?,24?,26?,28-/m1/s1. The third kappa shape index (κ3) is 4.32. The van der Waals surface area contributed by atoms with Gasteiger partial charge in [0.05, 0.1) is 24.0 Å². The second-order valence-corrected chi connectivity index (χ2v) is 12.6. The highest BCUT2D eigenvalue weighted by atomic mass is 32.2. The summed E-state index contributed by atoms with van der Waals surface area (Å²) in [5.74, 6) is 0.697.